The van der Waals surface area contributed by atoms with Gasteiger partial charge in [-0.15, -0.1) is 24.0 Å². The van der Waals surface area contributed by atoms with Gasteiger partial charge in [-0.05, 0) is 43.4 Å². The minimum Gasteiger partial charge on any atom is -0.376 e. The first-order valence-corrected chi connectivity index (χ1v) is 9.99. The van der Waals surface area contributed by atoms with Crippen LogP contribution in [0, 0.1) is 0 Å². The normalized spacial score (nSPS) is 16.4. The first kappa shape index (κ1) is 25.3. The summed E-state index contributed by atoms with van der Waals surface area (Å²) in [7, 11) is 3.45. The van der Waals surface area contributed by atoms with Gasteiger partial charge in [-0.3, -0.25) is 4.79 Å². The molecule has 1 saturated heterocycles. The summed E-state index contributed by atoms with van der Waals surface area (Å²) < 4.78 is 5.63. The third kappa shape index (κ3) is 9.15. The zero-order valence-corrected chi connectivity index (χ0v) is 20.2. The van der Waals surface area contributed by atoms with E-state index in [0.717, 1.165) is 37.9 Å². The molecule has 1 fully saturated rings. The lowest BCUT2D eigenvalue weighted by Crippen LogP contribution is -2.42. The molecule has 1 unspecified atom stereocenters. The van der Waals surface area contributed by atoms with Gasteiger partial charge in [0.05, 0.1) is 6.10 Å². The lowest BCUT2D eigenvalue weighted by molar-refractivity contribution is -0.127. The van der Waals surface area contributed by atoms with Crippen molar-refractivity contribution in [3.8, 4) is 0 Å². The molecule has 0 aliphatic carbocycles. The summed E-state index contributed by atoms with van der Waals surface area (Å²) in [5.74, 6) is 0.587. The van der Waals surface area contributed by atoms with E-state index in [1.54, 1.807) is 20.2 Å². The predicted octanol–water partition coefficient (Wildman–Crippen LogP) is 3.35. The Labute approximate surface area is 194 Å². The smallest absolute Gasteiger partial charge is 0.243 e. The number of nitrogens with one attached hydrogen (secondary N) is 2. The Hall–Kier alpha value is -0.770. The molecule has 1 aromatic carbocycles. The Morgan fingerprint density at radius 1 is 1.32 bits per heavy atom. The van der Waals surface area contributed by atoms with E-state index in [-0.39, 0.29) is 42.5 Å². The van der Waals surface area contributed by atoms with Crippen molar-refractivity contribution in [2.45, 2.75) is 31.8 Å². The van der Waals surface area contributed by atoms with Crippen LogP contribution in [0.5, 0.6) is 0 Å². The number of nitrogens with zero attached hydrogens (tertiary/aromatic N) is 2. The van der Waals surface area contributed by atoms with Crippen LogP contribution in [0.15, 0.2) is 23.2 Å². The van der Waals surface area contributed by atoms with Crippen LogP contribution in [0.4, 0.5) is 0 Å². The maximum atomic E-state index is 11.8. The molecule has 1 aliphatic rings. The number of hydrogen-bond acceptors (Lipinski definition) is 3. The molecule has 1 aromatic rings. The molecule has 1 aliphatic heterocycles. The molecule has 1 heterocycles. The van der Waals surface area contributed by atoms with Crippen LogP contribution in [0.3, 0.4) is 0 Å². The SMILES string of the molecule is CN(C)C(=O)CN=C(NCCCc1ccc(Cl)cc1Cl)NCC1CCCO1.I. The van der Waals surface area contributed by atoms with E-state index in [1.165, 1.54) is 4.90 Å². The summed E-state index contributed by atoms with van der Waals surface area (Å²) in [6, 6.07) is 5.55. The highest BCUT2D eigenvalue weighted by atomic mass is 127. The molecule has 6 nitrogen and oxygen atoms in total. The molecule has 2 rings (SSSR count). The average molecular weight is 543 g/mol. The van der Waals surface area contributed by atoms with E-state index >= 15 is 0 Å². The number of carbonyl (C=O) groups is 1. The van der Waals surface area contributed by atoms with Gasteiger partial charge in [-0.1, -0.05) is 29.3 Å². The largest absolute Gasteiger partial charge is 0.376 e. The molecule has 0 spiro atoms. The standard InChI is InChI=1S/C19H28Cl2N4O2.HI/c1-25(2)18(26)13-24-19(23-12-16-6-4-10-27-16)22-9-3-5-14-7-8-15(20)11-17(14)21;/h7-8,11,16H,3-6,9-10,12-13H2,1-2H3,(H2,22,23,24);1H. The second kappa shape index (κ2) is 13.5. The van der Waals surface area contributed by atoms with Crippen LogP contribution in [-0.2, 0) is 16.0 Å². The Morgan fingerprint density at radius 2 is 2.11 bits per heavy atom. The van der Waals surface area contributed by atoms with Gasteiger partial charge in [0.2, 0.25) is 5.91 Å². The molecular weight excluding hydrogens is 514 g/mol. The van der Waals surface area contributed by atoms with Gasteiger partial charge in [0, 0.05) is 43.8 Å². The number of amides is 1. The molecule has 1 atom stereocenters. The number of likely N-dealkylation sites (N-methyl/N-ethyl adjacent to an activating group) is 1. The molecule has 0 aromatic heterocycles. The highest BCUT2D eigenvalue weighted by Crippen LogP contribution is 2.21. The van der Waals surface area contributed by atoms with E-state index in [4.69, 9.17) is 27.9 Å². The summed E-state index contributed by atoms with van der Waals surface area (Å²) >= 11 is 12.1. The van der Waals surface area contributed by atoms with Crippen LogP contribution in [0.25, 0.3) is 0 Å². The van der Waals surface area contributed by atoms with Crippen molar-refractivity contribution >= 4 is 59.0 Å². The summed E-state index contributed by atoms with van der Waals surface area (Å²) in [4.78, 5) is 17.7. The van der Waals surface area contributed by atoms with Crippen molar-refractivity contribution in [1.82, 2.24) is 15.5 Å². The van der Waals surface area contributed by atoms with Crippen LogP contribution in [-0.4, -0.2) is 63.2 Å². The number of halogens is 3. The first-order chi connectivity index (χ1) is 13.0. The zero-order valence-electron chi connectivity index (χ0n) is 16.3. The first-order valence-electron chi connectivity index (χ1n) is 9.23. The number of carbonyl (C=O) groups excluding carboxylic acids is 1. The van der Waals surface area contributed by atoms with Gasteiger partial charge in [-0.2, -0.15) is 0 Å². The minimum atomic E-state index is -0.0406. The molecule has 28 heavy (non-hydrogen) atoms. The van der Waals surface area contributed by atoms with Crippen molar-refractivity contribution in [3.63, 3.8) is 0 Å². The number of hydrogen-bond donors (Lipinski definition) is 2. The van der Waals surface area contributed by atoms with Gasteiger partial charge >= 0.3 is 0 Å². The Kier molecular flexibility index (Phi) is 12.1. The van der Waals surface area contributed by atoms with Crippen LogP contribution in [0.2, 0.25) is 10.0 Å². The van der Waals surface area contributed by atoms with Gasteiger partial charge in [-0.25, -0.2) is 4.99 Å². The van der Waals surface area contributed by atoms with E-state index in [2.05, 4.69) is 15.6 Å². The summed E-state index contributed by atoms with van der Waals surface area (Å²) in [6.07, 6.45) is 4.05. The number of guanidine groups is 1. The van der Waals surface area contributed by atoms with Gasteiger partial charge < -0.3 is 20.3 Å². The van der Waals surface area contributed by atoms with Gasteiger partial charge in [0.1, 0.15) is 6.54 Å². The zero-order chi connectivity index (χ0) is 19.6. The fourth-order valence-corrected chi connectivity index (χ4v) is 3.19. The lowest BCUT2D eigenvalue weighted by Gasteiger charge is -2.16. The van der Waals surface area contributed by atoms with Crippen LogP contribution >= 0.6 is 47.2 Å². The third-order valence-corrected chi connectivity index (χ3v) is 4.91. The maximum Gasteiger partial charge on any atom is 0.243 e. The summed E-state index contributed by atoms with van der Waals surface area (Å²) in [5, 5.41) is 7.88. The van der Waals surface area contributed by atoms with Gasteiger partial charge in [0.25, 0.3) is 0 Å². The van der Waals surface area contributed by atoms with E-state index in [0.29, 0.717) is 29.1 Å². The summed E-state index contributed by atoms with van der Waals surface area (Å²) in [6.45, 7) is 2.32. The molecule has 0 bridgehead atoms. The van der Waals surface area contributed by atoms with Crippen molar-refractivity contribution in [2.24, 2.45) is 4.99 Å². The molecule has 2 N–H and O–H groups in total. The van der Waals surface area contributed by atoms with Crippen molar-refractivity contribution in [1.29, 1.82) is 0 Å². The van der Waals surface area contributed by atoms with E-state index in [9.17, 15) is 4.79 Å². The van der Waals surface area contributed by atoms with Crippen LogP contribution in [0.1, 0.15) is 24.8 Å². The Morgan fingerprint density at radius 3 is 2.75 bits per heavy atom. The van der Waals surface area contributed by atoms with E-state index < -0.39 is 0 Å². The molecular formula is C19H29Cl2IN4O2. The molecule has 0 radical (unpaired) electrons. The number of benzene rings is 1. The monoisotopic (exact) mass is 542 g/mol. The number of aryl methyl sites for hydroxylation is 1. The molecule has 9 heteroatoms. The fraction of sp³-hybridized carbons (Fsp3) is 0.579. The maximum absolute atomic E-state index is 11.8. The van der Waals surface area contributed by atoms with E-state index in [1.807, 2.05) is 12.1 Å². The Bertz CT molecular complexity index is 653. The van der Waals surface area contributed by atoms with Gasteiger partial charge in [0.15, 0.2) is 5.96 Å². The second-order valence-corrected chi connectivity index (χ2v) is 7.58. The predicted molar refractivity (Wildman–Crippen MR) is 126 cm³/mol. The topological polar surface area (TPSA) is 66.0 Å². The van der Waals surface area contributed by atoms with Crippen molar-refractivity contribution in [2.75, 3.05) is 40.3 Å². The van der Waals surface area contributed by atoms with Crippen molar-refractivity contribution in [3.05, 3.63) is 33.8 Å². The van der Waals surface area contributed by atoms with Crippen LogP contribution < -0.4 is 10.6 Å². The highest BCUT2D eigenvalue weighted by molar-refractivity contribution is 14.0. The second-order valence-electron chi connectivity index (χ2n) is 6.73. The van der Waals surface area contributed by atoms with Crippen molar-refractivity contribution < 1.29 is 9.53 Å². The quantitative estimate of drug-likeness (QED) is 0.229. The average Bonchev–Trinajstić information content (AvgIpc) is 3.14. The third-order valence-electron chi connectivity index (χ3n) is 4.32. The molecule has 1 amide bonds. The number of aliphatic imine (C=N–C) groups is 1. The fourth-order valence-electron chi connectivity index (χ4n) is 2.69. The lowest BCUT2D eigenvalue weighted by atomic mass is 10.1. The highest BCUT2D eigenvalue weighted by Gasteiger charge is 2.15. The number of rotatable bonds is 8. The molecule has 158 valence electrons. The number of ether oxygens (including phenoxy) is 1. The summed E-state index contributed by atoms with van der Waals surface area (Å²) in [5.41, 5.74) is 1.07. The Balaban J connectivity index is 0.00000392. The molecule has 0 saturated carbocycles. The minimum absolute atomic E-state index is 0.